The fraction of sp³-hybridized carbons (Fsp3) is 0.261. The number of benzene rings is 2. The molecule has 7 heteroatoms. The van der Waals surface area contributed by atoms with Gasteiger partial charge in [0, 0.05) is 26.3 Å². The average molecular weight is 424 g/mol. The lowest BCUT2D eigenvalue weighted by Crippen LogP contribution is -2.28. The highest BCUT2D eigenvalue weighted by atomic mass is 32.2. The molecule has 156 valence electrons. The van der Waals surface area contributed by atoms with Crippen molar-refractivity contribution in [3.63, 3.8) is 0 Å². The molecule has 1 heterocycles. The van der Waals surface area contributed by atoms with Gasteiger partial charge in [0.05, 0.1) is 22.8 Å². The van der Waals surface area contributed by atoms with Gasteiger partial charge >= 0.3 is 5.97 Å². The Balaban J connectivity index is 1.82. The van der Waals surface area contributed by atoms with Gasteiger partial charge in [0.2, 0.25) is 0 Å². The molecule has 0 aliphatic carbocycles. The largest absolute Gasteiger partial charge is 0.462 e. The molecular weight excluding hydrogens is 398 g/mol. The van der Waals surface area contributed by atoms with Crippen molar-refractivity contribution in [2.24, 2.45) is 4.99 Å². The Morgan fingerprint density at radius 3 is 2.33 bits per heavy atom. The normalized spacial score (nSPS) is 16.4. The van der Waals surface area contributed by atoms with Gasteiger partial charge in [-0.05, 0) is 73.6 Å². The van der Waals surface area contributed by atoms with E-state index >= 15 is 0 Å². The van der Waals surface area contributed by atoms with Crippen molar-refractivity contribution in [1.29, 1.82) is 0 Å². The zero-order valence-corrected chi connectivity index (χ0v) is 18.4. The molecule has 1 saturated heterocycles. The van der Waals surface area contributed by atoms with E-state index in [4.69, 9.17) is 4.74 Å². The number of anilines is 1. The van der Waals surface area contributed by atoms with Gasteiger partial charge in [0.25, 0.3) is 5.91 Å². The highest BCUT2D eigenvalue weighted by Gasteiger charge is 2.32. The summed E-state index contributed by atoms with van der Waals surface area (Å²) in [7, 11) is 3.98. The molecule has 1 aliphatic heterocycles. The molecule has 0 N–H and O–H groups in total. The monoisotopic (exact) mass is 423 g/mol. The van der Waals surface area contributed by atoms with Crippen LogP contribution >= 0.6 is 11.8 Å². The number of hydrogen-bond acceptors (Lipinski definition) is 6. The molecule has 1 amide bonds. The summed E-state index contributed by atoms with van der Waals surface area (Å²) in [6, 6.07) is 14.9. The van der Waals surface area contributed by atoms with Crippen molar-refractivity contribution in [3.05, 3.63) is 64.6 Å². The Morgan fingerprint density at radius 1 is 1.10 bits per heavy atom. The number of rotatable bonds is 6. The predicted octanol–water partition coefficient (Wildman–Crippen LogP) is 4.55. The molecule has 0 saturated carbocycles. The molecule has 1 fully saturated rings. The van der Waals surface area contributed by atoms with Gasteiger partial charge < -0.3 is 9.64 Å². The molecular formula is C23H25N3O3S. The number of ether oxygens (including phenoxy) is 1. The van der Waals surface area contributed by atoms with Crippen molar-refractivity contribution < 1.29 is 14.3 Å². The minimum absolute atomic E-state index is 0.0546. The van der Waals surface area contributed by atoms with Crippen LogP contribution in [0, 0.1) is 0 Å². The third kappa shape index (κ3) is 4.91. The van der Waals surface area contributed by atoms with Crippen molar-refractivity contribution in [2.45, 2.75) is 13.8 Å². The minimum Gasteiger partial charge on any atom is -0.462 e. The molecule has 6 nitrogen and oxygen atoms in total. The van der Waals surface area contributed by atoms with Crippen LogP contribution in [-0.4, -0.2) is 49.2 Å². The summed E-state index contributed by atoms with van der Waals surface area (Å²) in [6.45, 7) is 4.56. The first-order valence-electron chi connectivity index (χ1n) is 9.77. The number of carbonyl (C=O) groups is 2. The SMILES string of the molecule is CCOC(=O)c1ccc(N=C2SC(=Cc3ccc(N(C)C)cc3)C(=O)N2CC)cc1. The Labute approximate surface area is 181 Å². The molecule has 0 unspecified atom stereocenters. The molecule has 3 rings (SSSR count). The molecule has 2 aromatic carbocycles. The maximum atomic E-state index is 12.8. The fourth-order valence-corrected chi connectivity index (χ4v) is 3.95. The summed E-state index contributed by atoms with van der Waals surface area (Å²) in [4.78, 5) is 33.6. The van der Waals surface area contributed by atoms with E-state index in [1.807, 2.05) is 56.3 Å². The molecule has 2 aromatic rings. The third-order valence-electron chi connectivity index (χ3n) is 4.51. The van der Waals surface area contributed by atoms with Crippen molar-refractivity contribution in [2.75, 3.05) is 32.1 Å². The first-order valence-corrected chi connectivity index (χ1v) is 10.6. The number of nitrogens with zero attached hydrogens (tertiary/aromatic N) is 3. The number of amides is 1. The van der Waals surface area contributed by atoms with Crippen LogP contribution in [0.4, 0.5) is 11.4 Å². The summed E-state index contributed by atoms with van der Waals surface area (Å²) < 4.78 is 5.00. The topological polar surface area (TPSA) is 62.2 Å². The van der Waals surface area contributed by atoms with Crippen LogP contribution in [0.3, 0.4) is 0 Å². The maximum Gasteiger partial charge on any atom is 0.338 e. The Kier molecular flexibility index (Phi) is 6.95. The number of amidine groups is 1. The zero-order chi connectivity index (χ0) is 21.7. The molecule has 0 aromatic heterocycles. The van der Waals surface area contributed by atoms with Crippen LogP contribution in [0.5, 0.6) is 0 Å². The maximum absolute atomic E-state index is 12.8. The zero-order valence-electron chi connectivity index (χ0n) is 17.6. The van der Waals surface area contributed by atoms with Gasteiger partial charge in [0.15, 0.2) is 5.17 Å². The van der Waals surface area contributed by atoms with Gasteiger partial charge in [-0.1, -0.05) is 12.1 Å². The molecule has 0 radical (unpaired) electrons. The number of carbonyl (C=O) groups excluding carboxylic acids is 2. The van der Waals surface area contributed by atoms with Gasteiger partial charge in [-0.3, -0.25) is 9.69 Å². The van der Waals surface area contributed by atoms with Gasteiger partial charge in [-0.25, -0.2) is 9.79 Å². The van der Waals surface area contributed by atoms with Crippen molar-refractivity contribution in [1.82, 2.24) is 4.90 Å². The summed E-state index contributed by atoms with van der Waals surface area (Å²) in [5.74, 6) is -0.413. The van der Waals surface area contributed by atoms with Gasteiger partial charge in [-0.15, -0.1) is 0 Å². The van der Waals surface area contributed by atoms with Crippen LogP contribution < -0.4 is 4.90 Å². The standard InChI is InChI=1S/C23H25N3O3S/c1-5-26-21(27)20(15-16-7-13-19(14-8-16)25(3)4)30-23(26)24-18-11-9-17(10-12-18)22(28)29-6-2/h7-15H,5-6H2,1-4H3. The van der Waals surface area contributed by atoms with Crippen LogP contribution in [0.15, 0.2) is 58.4 Å². The first kappa shape index (κ1) is 21.6. The van der Waals surface area contributed by atoms with Crippen LogP contribution in [0.1, 0.15) is 29.8 Å². The van der Waals surface area contributed by atoms with Crippen molar-refractivity contribution in [3.8, 4) is 0 Å². The van der Waals surface area contributed by atoms with Crippen LogP contribution in [0.2, 0.25) is 0 Å². The van der Waals surface area contributed by atoms with Crippen LogP contribution in [-0.2, 0) is 9.53 Å². The van der Waals surface area contributed by atoms with E-state index in [1.54, 1.807) is 36.1 Å². The van der Waals surface area contributed by atoms with E-state index in [0.717, 1.165) is 11.3 Å². The number of esters is 1. The average Bonchev–Trinajstić information content (AvgIpc) is 3.03. The highest BCUT2D eigenvalue weighted by Crippen LogP contribution is 2.34. The van der Waals surface area contributed by atoms with Gasteiger partial charge in [-0.2, -0.15) is 0 Å². The Hall–Kier alpha value is -3.06. The number of thioether (sulfide) groups is 1. The van der Waals surface area contributed by atoms with Crippen molar-refractivity contribution >= 4 is 46.3 Å². The third-order valence-corrected chi connectivity index (χ3v) is 5.52. The lowest BCUT2D eigenvalue weighted by Gasteiger charge is -2.12. The van der Waals surface area contributed by atoms with E-state index < -0.39 is 0 Å². The lowest BCUT2D eigenvalue weighted by molar-refractivity contribution is -0.122. The Morgan fingerprint density at radius 2 is 1.77 bits per heavy atom. The number of likely N-dealkylation sites (N-methyl/N-ethyl adjacent to an activating group) is 1. The quantitative estimate of drug-likeness (QED) is 0.504. The lowest BCUT2D eigenvalue weighted by atomic mass is 10.2. The minimum atomic E-state index is -0.359. The van der Waals surface area contributed by atoms with E-state index in [1.165, 1.54) is 11.8 Å². The molecule has 1 aliphatic rings. The smallest absolute Gasteiger partial charge is 0.338 e. The summed E-state index contributed by atoms with van der Waals surface area (Å²) in [5, 5.41) is 0.627. The van der Waals surface area contributed by atoms with Gasteiger partial charge in [0.1, 0.15) is 0 Å². The van der Waals surface area contributed by atoms with E-state index in [0.29, 0.717) is 34.5 Å². The molecule has 0 atom stereocenters. The van der Waals surface area contributed by atoms with E-state index in [9.17, 15) is 9.59 Å². The molecule has 0 spiro atoms. The Bertz CT molecular complexity index is 980. The first-order chi connectivity index (χ1) is 14.4. The fourth-order valence-electron chi connectivity index (χ4n) is 2.89. The van der Waals surface area contributed by atoms with E-state index in [-0.39, 0.29) is 11.9 Å². The van der Waals surface area contributed by atoms with Crippen LogP contribution in [0.25, 0.3) is 6.08 Å². The molecule has 0 bridgehead atoms. The summed E-state index contributed by atoms with van der Waals surface area (Å²) in [6.07, 6.45) is 1.89. The summed E-state index contributed by atoms with van der Waals surface area (Å²) in [5.41, 5.74) is 3.22. The second kappa shape index (κ2) is 9.63. The highest BCUT2D eigenvalue weighted by molar-refractivity contribution is 8.18. The second-order valence-corrected chi connectivity index (χ2v) is 7.82. The van der Waals surface area contributed by atoms with E-state index in [2.05, 4.69) is 4.99 Å². The second-order valence-electron chi connectivity index (χ2n) is 6.81. The number of aliphatic imine (C=N–C) groups is 1. The predicted molar refractivity (Wildman–Crippen MR) is 123 cm³/mol. The molecule has 30 heavy (non-hydrogen) atoms. The number of hydrogen-bond donors (Lipinski definition) is 0. The summed E-state index contributed by atoms with van der Waals surface area (Å²) >= 11 is 1.36.